The molecule has 0 saturated heterocycles. The molecule has 0 aromatic rings. The third-order valence-corrected chi connectivity index (χ3v) is 0.792. The number of carbonyl (C=O) groups is 2. The predicted molar refractivity (Wildman–Crippen MR) is 30.8 cm³/mol. The maximum Gasteiger partial charge on any atom is 1.00 e. The van der Waals surface area contributed by atoms with Crippen molar-refractivity contribution in [1.82, 2.24) is 0 Å². The molecule has 1 unspecified atom stereocenters. The van der Waals surface area contributed by atoms with Crippen LogP contribution in [0.15, 0.2) is 12.7 Å². The van der Waals surface area contributed by atoms with Gasteiger partial charge in [0.25, 0.3) is 0 Å². The van der Waals surface area contributed by atoms with Gasteiger partial charge in [-0.25, -0.2) is 4.79 Å². The van der Waals surface area contributed by atoms with Crippen molar-refractivity contribution in [2.45, 2.75) is 13.0 Å². The number of carboxylic acid groups (broad SMARTS) is 1. The molecular formula is C6H7LiO4. The zero-order valence-electron chi connectivity index (χ0n) is 6.49. The Hall–Kier alpha value is -0.723. The zero-order chi connectivity index (χ0) is 8.15. The van der Waals surface area contributed by atoms with Gasteiger partial charge in [0.2, 0.25) is 0 Å². The van der Waals surface area contributed by atoms with Crippen LogP contribution in [-0.2, 0) is 14.3 Å². The Bertz CT molecular complexity index is 166. The Morgan fingerprint density at radius 2 is 2.09 bits per heavy atom. The van der Waals surface area contributed by atoms with E-state index in [0.717, 1.165) is 6.08 Å². The quantitative estimate of drug-likeness (QED) is 0.233. The SMILES string of the molecule is C=CC(=O)OC(C)C(=O)[O-].[Li+]. The first-order valence-corrected chi connectivity index (χ1v) is 2.62. The predicted octanol–water partition coefficient (Wildman–Crippen LogP) is -4.14. The molecule has 0 aromatic carbocycles. The molecule has 0 amide bonds. The molecular weight excluding hydrogens is 143 g/mol. The van der Waals surface area contributed by atoms with Crippen molar-refractivity contribution < 1.29 is 38.3 Å². The van der Waals surface area contributed by atoms with Crippen LogP contribution in [0.1, 0.15) is 6.92 Å². The number of aliphatic carboxylic acids is 1. The Morgan fingerprint density at radius 1 is 1.64 bits per heavy atom. The summed E-state index contributed by atoms with van der Waals surface area (Å²) < 4.78 is 4.24. The average Bonchev–Trinajstić information content (AvgIpc) is 1.87. The van der Waals surface area contributed by atoms with Crippen LogP contribution in [-0.4, -0.2) is 18.0 Å². The molecule has 0 heterocycles. The van der Waals surface area contributed by atoms with Gasteiger partial charge in [0.1, 0.15) is 6.10 Å². The zero-order valence-corrected chi connectivity index (χ0v) is 6.49. The topological polar surface area (TPSA) is 66.4 Å². The second kappa shape index (κ2) is 6.02. The number of esters is 1. The normalized spacial score (nSPS) is 10.6. The van der Waals surface area contributed by atoms with E-state index in [1.54, 1.807) is 0 Å². The van der Waals surface area contributed by atoms with Crippen LogP contribution < -0.4 is 24.0 Å². The minimum atomic E-state index is -1.42. The number of hydrogen-bond donors (Lipinski definition) is 0. The Labute approximate surface area is 76.4 Å². The molecule has 4 nitrogen and oxygen atoms in total. The van der Waals surface area contributed by atoms with Gasteiger partial charge in [0.05, 0.1) is 5.97 Å². The van der Waals surface area contributed by atoms with E-state index in [4.69, 9.17) is 0 Å². The summed E-state index contributed by atoms with van der Waals surface area (Å²) in [5.41, 5.74) is 0. The molecule has 0 fully saturated rings. The van der Waals surface area contributed by atoms with Crippen LogP contribution in [0.25, 0.3) is 0 Å². The van der Waals surface area contributed by atoms with Gasteiger partial charge < -0.3 is 14.6 Å². The van der Waals surface area contributed by atoms with Gasteiger partial charge in [-0.3, -0.25) is 0 Å². The number of carbonyl (C=O) groups excluding carboxylic acids is 2. The van der Waals surface area contributed by atoms with Crippen molar-refractivity contribution in [3.63, 3.8) is 0 Å². The number of carboxylic acids is 1. The summed E-state index contributed by atoms with van der Waals surface area (Å²) in [4.78, 5) is 20.2. The summed E-state index contributed by atoms with van der Waals surface area (Å²) in [6, 6.07) is 0. The maximum atomic E-state index is 10.3. The summed E-state index contributed by atoms with van der Waals surface area (Å²) in [6.07, 6.45) is -0.329. The van der Waals surface area contributed by atoms with Gasteiger partial charge in [-0.2, -0.15) is 0 Å². The first-order chi connectivity index (χ1) is 4.57. The molecule has 0 aliphatic rings. The first kappa shape index (κ1) is 12.9. The van der Waals surface area contributed by atoms with E-state index < -0.39 is 18.0 Å². The van der Waals surface area contributed by atoms with Crippen LogP contribution in [0.2, 0.25) is 0 Å². The second-order valence-electron chi connectivity index (χ2n) is 1.60. The van der Waals surface area contributed by atoms with Crippen molar-refractivity contribution in [3.05, 3.63) is 12.7 Å². The number of rotatable bonds is 3. The summed E-state index contributed by atoms with van der Waals surface area (Å²) in [6.45, 7) is 4.29. The maximum absolute atomic E-state index is 10.3. The van der Waals surface area contributed by atoms with Gasteiger partial charge in [-0.05, 0) is 6.92 Å². The Balaban J connectivity index is 0. The Morgan fingerprint density at radius 3 is 2.36 bits per heavy atom. The summed E-state index contributed by atoms with van der Waals surface area (Å²) in [5.74, 6) is -2.19. The second-order valence-corrected chi connectivity index (χ2v) is 1.60. The van der Waals surface area contributed by atoms with Gasteiger partial charge in [0, 0.05) is 6.08 Å². The van der Waals surface area contributed by atoms with E-state index in [2.05, 4.69) is 11.3 Å². The van der Waals surface area contributed by atoms with E-state index in [1.165, 1.54) is 6.92 Å². The molecule has 0 aromatic heterocycles. The Kier molecular flexibility index (Phi) is 7.06. The molecule has 0 aliphatic heterocycles. The smallest absolute Gasteiger partial charge is 0.546 e. The van der Waals surface area contributed by atoms with Crippen molar-refractivity contribution in [2.24, 2.45) is 0 Å². The van der Waals surface area contributed by atoms with Crippen LogP contribution in [0.5, 0.6) is 0 Å². The van der Waals surface area contributed by atoms with E-state index in [-0.39, 0.29) is 18.9 Å². The molecule has 0 bridgehead atoms. The van der Waals surface area contributed by atoms with Gasteiger partial charge in [0.15, 0.2) is 0 Å². The molecule has 5 heteroatoms. The number of hydrogen-bond acceptors (Lipinski definition) is 4. The molecule has 56 valence electrons. The fourth-order valence-electron chi connectivity index (χ4n) is 0.270. The van der Waals surface area contributed by atoms with Gasteiger partial charge in [-0.1, -0.05) is 6.58 Å². The average molecular weight is 150 g/mol. The van der Waals surface area contributed by atoms with Crippen molar-refractivity contribution in [2.75, 3.05) is 0 Å². The van der Waals surface area contributed by atoms with Crippen LogP contribution in [0.3, 0.4) is 0 Å². The van der Waals surface area contributed by atoms with Crippen molar-refractivity contribution >= 4 is 11.9 Å². The summed E-state index contributed by atoms with van der Waals surface area (Å²) in [5, 5.41) is 9.93. The van der Waals surface area contributed by atoms with Crippen LogP contribution in [0.4, 0.5) is 0 Å². The standard InChI is InChI=1S/C6H8O4.Li/c1-3-5(7)10-4(2)6(8)9;/h3-4H,1H2,2H3,(H,8,9);/q;+1/p-1. The largest absolute Gasteiger partial charge is 1.00 e. The summed E-state index contributed by atoms with van der Waals surface area (Å²) in [7, 11) is 0. The molecule has 0 saturated carbocycles. The summed E-state index contributed by atoms with van der Waals surface area (Å²) >= 11 is 0. The number of ether oxygens (including phenoxy) is 1. The van der Waals surface area contributed by atoms with E-state index in [1.807, 2.05) is 0 Å². The van der Waals surface area contributed by atoms with Crippen molar-refractivity contribution in [3.8, 4) is 0 Å². The van der Waals surface area contributed by atoms with Gasteiger partial charge in [-0.15, -0.1) is 0 Å². The molecule has 1 atom stereocenters. The monoisotopic (exact) mass is 150 g/mol. The fraction of sp³-hybridized carbons (Fsp3) is 0.333. The molecule has 0 spiro atoms. The fourth-order valence-corrected chi connectivity index (χ4v) is 0.270. The minimum Gasteiger partial charge on any atom is -0.546 e. The van der Waals surface area contributed by atoms with E-state index >= 15 is 0 Å². The third-order valence-electron chi connectivity index (χ3n) is 0.792. The van der Waals surface area contributed by atoms with Crippen molar-refractivity contribution in [1.29, 1.82) is 0 Å². The molecule has 0 radical (unpaired) electrons. The molecule has 11 heavy (non-hydrogen) atoms. The third kappa shape index (κ3) is 5.71. The molecule has 0 N–H and O–H groups in total. The molecule has 0 rings (SSSR count). The molecule has 0 aliphatic carbocycles. The first-order valence-electron chi connectivity index (χ1n) is 2.62. The van der Waals surface area contributed by atoms with Crippen LogP contribution in [0, 0.1) is 0 Å². The van der Waals surface area contributed by atoms with E-state index in [9.17, 15) is 14.7 Å². The van der Waals surface area contributed by atoms with Crippen LogP contribution >= 0.6 is 0 Å². The minimum absolute atomic E-state index is 0. The van der Waals surface area contributed by atoms with Gasteiger partial charge >= 0.3 is 24.8 Å². The van der Waals surface area contributed by atoms with E-state index in [0.29, 0.717) is 0 Å².